The molecule has 0 aliphatic rings. The molecule has 0 radical (unpaired) electrons. The molecule has 1 heterocycles. The van der Waals surface area contributed by atoms with Gasteiger partial charge in [0.1, 0.15) is 0 Å². The Bertz CT molecular complexity index is 490. The number of hydrogen-bond acceptors (Lipinski definition) is 3. The fourth-order valence-corrected chi connectivity index (χ4v) is 3.24. The maximum atomic E-state index is 10.8. The van der Waals surface area contributed by atoms with E-state index < -0.39 is 0 Å². The Morgan fingerprint density at radius 1 is 1.57 bits per heavy atom. The van der Waals surface area contributed by atoms with Crippen molar-refractivity contribution in [2.75, 3.05) is 6.26 Å². The highest BCUT2D eigenvalue weighted by molar-refractivity contribution is 7.98. The van der Waals surface area contributed by atoms with E-state index in [1.165, 1.54) is 0 Å². The first kappa shape index (κ1) is 10.0. The molecule has 0 amide bonds. The number of benzene rings is 1. The monoisotopic (exact) mass is 242 g/mol. The van der Waals surface area contributed by atoms with Crippen LogP contribution in [0, 0.1) is 0 Å². The molecular formula is C10H7ClOS2. The topological polar surface area (TPSA) is 17.1 Å². The number of rotatable bonds is 2. The molecule has 2 aromatic rings. The first-order chi connectivity index (χ1) is 6.77. The molecule has 1 aromatic heterocycles. The minimum absolute atomic E-state index is 0.572. The Hall–Kier alpha value is -0.510. The van der Waals surface area contributed by atoms with Crippen LogP contribution < -0.4 is 0 Å². The SMILES string of the molecule is CSc1cc(C=O)c(Cl)c2sccc12. The van der Waals surface area contributed by atoms with Crippen LogP contribution in [0.3, 0.4) is 0 Å². The van der Waals surface area contributed by atoms with Crippen LogP contribution in [-0.4, -0.2) is 12.5 Å². The molecule has 72 valence electrons. The summed E-state index contributed by atoms with van der Waals surface area (Å²) in [5.41, 5.74) is 0.575. The van der Waals surface area contributed by atoms with Gasteiger partial charge >= 0.3 is 0 Å². The standard InChI is InChI=1S/C10H7ClOS2/c1-13-8-4-6(5-12)9(11)10-7(8)2-3-14-10/h2-5H,1H3. The van der Waals surface area contributed by atoms with Crippen molar-refractivity contribution in [3.05, 3.63) is 28.1 Å². The van der Waals surface area contributed by atoms with E-state index in [-0.39, 0.29) is 0 Å². The summed E-state index contributed by atoms with van der Waals surface area (Å²) in [5.74, 6) is 0. The second-order valence-corrected chi connectivity index (χ2v) is 4.91. The van der Waals surface area contributed by atoms with Gasteiger partial charge in [0, 0.05) is 15.8 Å². The van der Waals surface area contributed by atoms with Gasteiger partial charge in [-0.1, -0.05) is 11.6 Å². The lowest BCUT2D eigenvalue weighted by Crippen LogP contribution is -1.84. The minimum atomic E-state index is 0.572. The molecule has 0 fully saturated rings. The molecule has 4 heteroatoms. The quantitative estimate of drug-likeness (QED) is 0.583. The van der Waals surface area contributed by atoms with Crippen LogP contribution in [0.1, 0.15) is 10.4 Å². The van der Waals surface area contributed by atoms with Crippen molar-refractivity contribution < 1.29 is 4.79 Å². The molecule has 0 saturated heterocycles. The maximum Gasteiger partial charge on any atom is 0.151 e. The number of thiophene rings is 1. The van der Waals surface area contributed by atoms with E-state index in [9.17, 15) is 4.79 Å². The molecule has 14 heavy (non-hydrogen) atoms. The number of aldehydes is 1. The van der Waals surface area contributed by atoms with Crippen molar-refractivity contribution in [3.8, 4) is 0 Å². The normalized spacial score (nSPS) is 10.7. The van der Waals surface area contributed by atoms with Crippen LogP contribution in [0.25, 0.3) is 10.1 Å². The zero-order valence-corrected chi connectivity index (χ0v) is 9.80. The van der Waals surface area contributed by atoms with Crippen LogP contribution >= 0.6 is 34.7 Å². The van der Waals surface area contributed by atoms with Crippen LogP contribution in [0.2, 0.25) is 5.02 Å². The molecule has 0 spiro atoms. The number of carbonyl (C=O) groups is 1. The van der Waals surface area contributed by atoms with Gasteiger partial charge in [-0.3, -0.25) is 4.79 Å². The van der Waals surface area contributed by atoms with Gasteiger partial charge in [0.15, 0.2) is 6.29 Å². The van der Waals surface area contributed by atoms with Gasteiger partial charge < -0.3 is 0 Å². The summed E-state index contributed by atoms with van der Waals surface area (Å²) in [4.78, 5) is 11.9. The highest BCUT2D eigenvalue weighted by Crippen LogP contribution is 2.37. The Morgan fingerprint density at radius 3 is 3.00 bits per heavy atom. The summed E-state index contributed by atoms with van der Waals surface area (Å²) < 4.78 is 1.00. The van der Waals surface area contributed by atoms with Crippen molar-refractivity contribution in [3.63, 3.8) is 0 Å². The predicted octanol–water partition coefficient (Wildman–Crippen LogP) is 4.09. The van der Waals surface area contributed by atoms with Crippen LogP contribution in [0.15, 0.2) is 22.4 Å². The third-order valence-electron chi connectivity index (χ3n) is 2.02. The van der Waals surface area contributed by atoms with Crippen molar-refractivity contribution in [2.45, 2.75) is 4.90 Å². The summed E-state index contributed by atoms with van der Waals surface area (Å²) >= 11 is 9.28. The molecule has 0 N–H and O–H groups in total. The van der Waals surface area contributed by atoms with E-state index in [0.717, 1.165) is 21.3 Å². The second kappa shape index (κ2) is 3.93. The average Bonchev–Trinajstić information content (AvgIpc) is 2.68. The Balaban J connectivity index is 2.86. The Morgan fingerprint density at radius 2 is 2.36 bits per heavy atom. The third kappa shape index (κ3) is 1.45. The van der Waals surface area contributed by atoms with E-state index in [0.29, 0.717) is 10.6 Å². The lowest BCUT2D eigenvalue weighted by Gasteiger charge is -2.03. The second-order valence-electron chi connectivity index (χ2n) is 2.76. The Labute approximate surface area is 95.1 Å². The van der Waals surface area contributed by atoms with Gasteiger partial charge in [-0.2, -0.15) is 0 Å². The highest BCUT2D eigenvalue weighted by Gasteiger charge is 2.10. The zero-order chi connectivity index (χ0) is 10.1. The summed E-state index contributed by atoms with van der Waals surface area (Å²) in [5, 5.41) is 3.70. The van der Waals surface area contributed by atoms with Crippen molar-refractivity contribution in [1.82, 2.24) is 0 Å². The highest BCUT2D eigenvalue weighted by atomic mass is 35.5. The molecule has 1 aromatic carbocycles. The summed E-state index contributed by atoms with van der Waals surface area (Å²) in [6.07, 6.45) is 2.80. The number of hydrogen-bond donors (Lipinski definition) is 0. The van der Waals surface area contributed by atoms with Gasteiger partial charge in [-0.05, 0) is 23.8 Å². The van der Waals surface area contributed by atoms with E-state index in [1.807, 2.05) is 23.8 Å². The van der Waals surface area contributed by atoms with Crippen LogP contribution in [-0.2, 0) is 0 Å². The number of thioether (sulfide) groups is 1. The molecule has 0 atom stereocenters. The maximum absolute atomic E-state index is 10.8. The molecule has 0 unspecified atom stereocenters. The minimum Gasteiger partial charge on any atom is -0.298 e. The number of halogens is 1. The van der Waals surface area contributed by atoms with Gasteiger partial charge in [0.25, 0.3) is 0 Å². The molecule has 0 aliphatic heterocycles. The van der Waals surface area contributed by atoms with Crippen molar-refractivity contribution in [2.24, 2.45) is 0 Å². The van der Waals surface area contributed by atoms with Gasteiger partial charge in [0.2, 0.25) is 0 Å². The van der Waals surface area contributed by atoms with Gasteiger partial charge in [-0.25, -0.2) is 0 Å². The van der Waals surface area contributed by atoms with Crippen molar-refractivity contribution >= 4 is 51.1 Å². The van der Waals surface area contributed by atoms with Crippen LogP contribution in [0.5, 0.6) is 0 Å². The summed E-state index contributed by atoms with van der Waals surface area (Å²) in [7, 11) is 0. The first-order valence-corrected chi connectivity index (χ1v) is 6.45. The fourth-order valence-electron chi connectivity index (χ4n) is 1.34. The predicted molar refractivity (Wildman–Crippen MR) is 64.0 cm³/mol. The largest absolute Gasteiger partial charge is 0.298 e. The molecule has 0 saturated carbocycles. The van der Waals surface area contributed by atoms with E-state index in [1.54, 1.807) is 23.1 Å². The van der Waals surface area contributed by atoms with Crippen molar-refractivity contribution in [1.29, 1.82) is 0 Å². The first-order valence-electron chi connectivity index (χ1n) is 3.96. The number of fused-ring (bicyclic) bond motifs is 1. The molecule has 0 bridgehead atoms. The number of carbonyl (C=O) groups excluding carboxylic acids is 1. The fraction of sp³-hybridized carbons (Fsp3) is 0.100. The molecule has 0 aliphatic carbocycles. The lowest BCUT2D eigenvalue weighted by atomic mass is 10.2. The van der Waals surface area contributed by atoms with E-state index in [2.05, 4.69) is 0 Å². The lowest BCUT2D eigenvalue weighted by molar-refractivity contribution is 0.112. The molecule has 2 rings (SSSR count). The van der Waals surface area contributed by atoms with E-state index >= 15 is 0 Å². The molecular weight excluding hydrogens is 236 g/mol. The summed E-state index contributed by atoms with van der Waals surface area (Å²) in [6, 6.07) is 3.88. The third-order valence-corrected chi connectivity index (χ3v) is 4.25. The summed E-state index contributed by atoms with van der Waals surface area (Å²) in [6.45, 7) is 0. The molecule has 1 nitrogen and oxygen atoms in total. The zero-order valence-electron chi connectivity index (χ0n) is 7.41. The van der Waals surface area contributed by atoms with Gasteiger partial charge in [-0.15, -0.1) is 23.1 Å². The smallest absolute Gasteiger partial charge is 0.151 e. The van der Waals surface area contributed by atoms with Gasteiger partial charge in [0.05, 0.1) is 9.72 Å². The van der Waals surface area contributed by atoms with Crippen LogP contribution in [0.4, 0.5) is 0 Å². The average molecular weight is 243 g/mol. The Kier molecular flexibility index (Phi) is 2.81. The van der Waals surface area contributed by atoms with E-state index in [4.69, 9.17) is 11.6 Å².